The zero-order valence-corrected chi connectivity index (χ0v) is 14.4. The highest BCUT2D eigenvalue weighted by atomic mass is 16.5. The Bertz CT molecular complexity index is 908. The summed E-state index contributed by atoms with van der Waals surface area (Å²) in [7, 11) is 4.45. The van der Waals surface area contributed by atoms with Gasteiger partial charge >= 0.3 is 5.69 Å². The van der Waals surface area contributed by atoms with Crippen molar-refractivity contribution < 1.29 is 9.47 Å². The Labute approximate surface area is 144 Å². The van der Waals surface area contributed by atoms with E-state index in [-0.39, 0.29) is 11.4 Å². The molecule has 0 amide bonds. The van der Waals surface area contributed by atoms with Gasteiger partial charge in [0, 0.05) is 27.7 Å². The summed E-state index contributed by atoms with van der Waals surface area (Å²) in [5.74, 6) is 0.885. The second kappa shape index (κ2) is 8.17. The Morgan fingerprint density at radius 2 is 1.96 bits per heavy atom. The van der Waals surface area contributed by atoms with E-state index in [2.05, 4.69) is 5.32 Å². The molecule has 0 aliphatic carbocycles. The van der Waals surface area contributed by atoms with E-state index >= 15 is 0 Å². The third kappa shape index (κ3) is 4.08. The molecule has 0 saturated carbocycles. The molecule has 0 radical (unpaired) electrons. The maximum absolute atomic E-state index is 12.1. The van der Waals surface area contributed by atoms with Gasteiger partial charge in [-0.05, 0) is 17.7 Å². The molecule has 0 fully saturated rings. The quantitative estimate of drug-likeness (QED) is 0.738. The highest BCUT2D eigenvalue weighted by Gasteiger charge is 2.15. The van der Waals surface area contributed by atoms with Gasteiger partial charge in [0.15, 0.2) is 5.56 Å². The summed E-state index contributed by atoms with van der Waals surface area (Å²) in [6.45, 7) is 1.26. The van der Waals surface area contributed by atoms with Crippen molar-refractivity contribution in [1.29, 1.82) is 5.26 Å². The Hall–Kier alpha value is -3.05. The first-order valence-corrected chi connectivity index (χ1v) is 7.64. The number of hydrogen-bond donors (Lipinski definition) is 1. The number of ether oxygens (including phenoxy) is 2. The molecule has 0 spiro atoms. The van der Waals surface area contributed by atoms with Crippen LogP contribution in [0.25, 0.3) is 0 Å². The van der Waals surface area contributed by atoms with Crippen molar-refractivity contribution in [2.75, 3.05) is 25.6 Å². The van der Waals surface area contributed by atoms with Gasteiger partial charge in [-0.1, -0.05) is 12.1 Å². The molecular formula is C17H20N4O4. The van der Waals surface area contributed by atoms with E-state index < -0.39 is 11.2 Å². The predicted molar refractivity (Wildman–Crippen MR) is 92.8 cm³/mol. The summed E-state index contributed by atoms with van der Waals surface area (Å²) in [6.07, 6.45) is 0. The molecule has 8 nitrogen and oxygen atoms in total. The molecule has 2 rings (SSSR count). The molecule has 0 saturated heterocycles. The molecule has 1 heterocycles. The molecule has 0 aliphatic heterocycles. The van der Waals surface area contributed by atoms with Crippen LogP contribution in [-0.4, -0.2) is 29.5 Å². The second-order valence-electron chi connectivity index (χ2n) is 5.38. The molecule has 0 bridgehead atoms. The van der Waals surface area contributed by atoms with Crippen LogP contribution in [0.3, 0.4) is 0 Å². The first-order chi connectivity index (χ1) is 12.0. The van der Waals surface area contributed by atoms with Gasteiger partial charge in [0.1, 0.15) is 24.2 Å². The summed E-state index contributed by atoms with van der Waals surface area (Å²) in [4.78, 5) is 24.1. The lowest BCUT2D eigenvalue weighted by Gasteiger charge is -2.14. The Morgan fingerprint density at radius 1 is 1.20 bits per heavy atom. The number of benzene rings is 1. The van der Waals surface area contributed by atoms with E-state index in [4.69, 9.17) is 9.47 Å². The number of rotatable bonds is 7. The van der Waals surface area contributed by atoms with Gasteiger partial charge in [-0.25, -0.2) is 4.79 Å². The van der Waals surface area contributed by atoms with Crippen molar-refractivity contribution in [2.24, 2.45) is 14.1 Å². The lowest BCUT2D eigenvalue weighted by molar-refractivity contribution is 0.146. The molecule has 0 unspecified atom stereocenters. The summed E-state index contributed by atoms with van der Waals surface area (Å²) in [6, 6.07) is 9.25. The summed E-state index contributed by atoms with van der Waals surface area (Å²) in [5.41, 5.74) is -0.336. The van der Waals surface area contributed by atoms with Crippen LogP contribution in [0, 0.1) is 11.3 Å². The molecule has 8 heteroatoms. The van der Waals surface area contributed by atoms with E-state index in [9.17, 15) is 14.9 Å². The fourth-order valence-electron chi connectivity index (χ4n) is 2.33. The van der Waals surface area contributed by atoms with Crippen LogP contribution in [0.5, 0.6) is 5.75 Å². The number of anilines is 1. The number of aromatic nitrogens is 2. The van der Waals surface area contributed by atoms with E-state index in [0.717, 1.165) is 10.1 Å². The van der Waals surface area contributed by atoms with Crippen LogP contribution in [0.15, 0.2) is 33.9 Å². The van der Waals surface area contributed by atoms with E-state index in [0.29, 0.717) is 25.5 Å². The fraction of sp³-hybridized carbons (Fsp3) is 0.353. The number of nitrogens with zero attached hydrogens (tertiary/aromatic N) is 3. The van der Waals surface area contributed by atoms with Crippen molar-refractivity contribution in [3.05, 3.63) is 56.2 Å². The molecule has 132 valence electrons. The monoisotopic (exact) mass is 344 g/mol. The lowest BCUT2D eigenvalue weighted by atomic mass is 10.2. The molecule has 1 aromatic heterocycles. The maximum Gasteiger partial charge on any atom is 0.332 e. The number of nitrogens with one attached hydrogen (secondary N) is 1. The van der Waals surface area contributed by atoms with Gasteiger partial charge in [0.05, 0.1) is 6.61 Å². The number of methoxy groups -OCH3 is 1. The summed E-state index contributed by atoms with van der Waals surface area (Å²) in [5, 5.41) is 12.2. The van der Waals surface area contributed by atoms with Crippen molar-refractivity contribution >= 4 is 5.82 Å². The van der Waals surface area contributed by atoms with E-state index in [1.54, 1.807) is 7.11 Å². The molecule has 1 N–H and O–H groups in total. The van der Waals surface area contributed by atoms with Crippen LogP contribution in [0.1, 0.15) is 11.1 Å². The minimum atomic E-state index is -0.621. The maximum atomic E-state index is 12.1. The van der Waals surface area contributed by atoms with E-state index in [1.807, 2.05) is 30.3 Å². The third-order valence-electron chi connectivity index (χ3n) is 3.69. The van der Waals surface area contributed by atoms with Gasteiger partial charge in [0.25, 0.3) is 5.56 Å². The molecule has 25 heavy (non-hydrogen) atoms. The topological polar surface area (TPSA) is 98.3 Å². The van der Waals surface area contributed by atoms with Gasteiger partial charge in [-0.2, -0.15) is 5.26 Å². The standard InChI is InChI=1S/C17H20N4O4/c1-20-15(14(10-18)16(22)21(2)17(20)23)19-11-12-5-4-6-13(9-12)25-8-7-24-3/h4-6,9,19H,7-8,11H2,1-3H3. The average Bonchev–Trinajstić information content (AvgIpc) is 2.62. The third-order valence-corrected chi connectivity index (χ3v) is 3.69. The molecule has 2 aromatic rings. The second-order valence-corrected chi connectivity index (χ2v) is 5.38. The van der Waals surface area contributed by atoms with Crippen LogP contribution >= 0.6 is 0 Å². The van der Waals surface area contributed by atoms with Gasteiger partial charge < -0.3 is 14.8 Å². The first-order valence-electron chi connectivity index (χ1n) is 7.64. The van der Waals surface area contributed by atoms with Crippen LogP contribution in [-0.2, 0) is 25.4 Å². The summed E-state index contributed by atoms with van der Waals surface area (Å²) < 4.78 is 12.6. The molecule has 0 aliphatic rings. The van der Waals surface area contributed by atoms with Crippen LogP contribution < -0.4 is 21.3 Å². The van der Waals surface area contributed by atoms with Crippen LogP contribution in [0.4, 0.5) is 5.82 Å². The lowest BCUT2D eigenvalue weighted by Crippen LogP contribution is -2.39. The predicted octanol–water partition coefficient (Wildman–Crippen LogP) is 0.593. The van der Waals surface area contributed by atoms with Crippen molar-refractivity contribution in [1.82, 2.24) is 9.13 Å². The summed E-state index contributed by atoms with van der Waals surface area (Å²) >= 11 is 0. The van der Waals surface area contributed by atoms with Crippen LogP contribution in [0.2, 0.25) is 0 Å². The van der Waals surface area contributed by atoms with Gasteiger partial charge in [0.2, 0.25) is 0 Å². The fourth-order valence-corrected chi connectivity index (χ4v) is 2.33. The Kier molecular flexibility index (Phi) is 5.98. The Balaban J connectivity index is 2.23. The Morgan fingerprint density at radius 3 is 2.64 bits per heavy atom. The molecule has 0 atom stereocenters. The van der Waals surface area contributed by atoms with Crippen molar-refractivity contribution in [2.45, 2.75) is 6.54 Å². The van der Waals surface area contributed by atoms with E-state index in [1.165, 1.54) is 18.7 Å². The van der Waals surface area contributed by atoms with Crippen molar-refractivity contribution in [3.8, 4) is 11.8 Å². The zero-order valence-electron chi connectivity index (χ0n) is 14.4. The average molecular weight is 344 g/mol. The smallest absolute Gasteiger partial charge is 0.332 e. The SMILES string of the molecule is COCCOc1cccc(CNc2c(C#N)c(=O)n(C)c(=O)n2C)c1. The highest BCUT2D eigenvalue weighted by molar-refractivity contribution is 5.51. The van der Waals surface area contributed by atoms with Gasteiger partial charge in [-0.15, -0.1) is 0 Å². The molecular weight excluding hydrogens is 324 g/mol. The van der Waals surface area contributed by atoms with Gasteiger partial charge in [-0.3, -0.25) is 13.9 Å². The van der Waals surface area contributed by atoms with Crippen molar-refractivity contribution in [3.63, 3.8) is 0 Å². The largest absolute Gasteiger partial charge is 0.491 e. The number of nitriles is 1. The number of hydrogen-bond acceptors (Lipinski definition) is 6. The molecule has 1 aromatic carbocycles. The normalized spacial score (nSPS) is 10.3. The highest BCUT2D eigenvalue weighted by Crippen LogP contribution is 2.15. The minimum absolute atomic E-state index is 0.0999. The zero-order chi connectivity index (χ0) is 18.4. The first kappa shape index (κ1) is 18.3. The minimum Gasteiger partial charge on any atom is -0.491 e.